The van der Waals surface area contributed by atoms with Crippen molar-refractivity contribution in [2.24, 2.45) is 0 Å². The fourth-order valence-electron chi connectivity index (χ4n) is 1.45. The summed E-state index contributed by atoms with van der Waals surface area (Å²) in [4.78, 5) is 0. The highest BCUT2D eigenvalue weighted by Gasteiger charge is 2.02. The van der Waals surface area contributed by atoms with Crippen molar-refractivity contribution in [2.45, 2.75) is 25.8 Å². The Morgan fingerprint density at radius 2 is 1.94 bits per heavy atom. The first-order chi connectivity index (χ1) is 7.75. The summed E-state index contributed by atoms with van der Waals surface area (Å²) in [5, 5.41) is 13.1. The van der Waals surface area contributed by atoms with Gasteiger partial charge in [0.15, 0.2) is 0 Å². The molecular formula is C12H17Cl2NO. The standard InChI is InChI=1S/C12H17Cl2NO/c13-11-6-4-5-10(12(11)14)9-15-7-2-1-3-8-16/h4-6,15-16H,1-3,7-9H2. The van der Waals surface area contributed by atoms with Crippen molar-refractivity contribution in [3.63, 3.8) is 0 Å². The van der Waals surface area contributed by atoms with Crippen molar-refractivity contribution in [3.8, 4) is 0 Å². The summed E-state index contributed by atoms with van der Waals surface area (Å²) in [6, 6.07) is 5.65. The van der Waals surface area contributed by atoms with Gasteiger partial charge in [-0.05, 0) is 37.4 Å². The number of rotatable bonds is 7. The Labute approximate surface area is 107 Å². The third-order valence-corrected chi connectivity index (χ3v) is 3.22. The minimum absolute atomic E-state index is 0.278. The average Bonchev–Trinajstić information content (AvgIpc) is 2.29. The third-order valence-electron chi connectivity index (χ3n) is 2.36. The molecule has 0 amide bonds. The predicted molar refractivity (Wildman–Crippen MR) is 69.1 cm³/mol. The Kier molecular flexibility index (Phi) is 6.81. The van der Waals surface area contributed by atoms with Gasteiger partial charge in [0.2, 0.25) is 0 Å². The van der Waals surface area contributed by atoms with Crippen LogP contribution in [0.4, 0.5) is 0 Å². The van der Waals surface area contributed by atoms with Crippen molar-refractivity contribution < 1.29 is 5.11 Å². The second kappa shape index (κ2) is 7.91. The molecule has 0 unspecified atom stereocenters. The Hall–Kier alpha value is -0.280. The van der Waals surface area contributed by atoms with Crippen molar-refractivity contribution >= 4 is 23.2 Å². The van der Waals surface area contributed by atoms with Gasteiger partial charge in [0.05, 0.1) is 10.0 Å². The molecule has 4 heteroatoms. The highest BCUT2D eigenvalue weighted by atomic mass is 35.5. The smallest absolute Gasteiger partial charge is 0.0637 e. The van der Waals surface area contributed by atoms with Crippen LogP contribution in [-0.2, 0) is 6.54 Å². The molecule has 0 atom stereocenters. The molecule has 0 spiro atoms. The summed E-state index contributed by atoms with van der Waals surface area (Å²) in [5.74, 6) is 0. The van der Waals surface area contributed by atoms with E-state index in [9.17, 15) is 0 Å². The summed E-state index contributed by atoms with van der Waals surface area (Å²) < 4.78 is 0. The molecule has 0 saturated heterocycles. The van der Waals surface area contributed by atoms with Gasteiger partial charge >= 0.3 is 0 Å². The van der Waals surface area contributed by atoms with Crippen molar-refractivity contribution in [3.05, 3.63) is 33.8 Å². The summed E-state index contributed by atoms with van der Waals surface area (Å²) in [6.07, 6.45) is 2.99. The van der Waals surface area contributed by atoms with Crippen LogP contribution in [0.1, 0.15) is 24.8 Å². The molecule has 16 heavy (non-hydrogen) atoms. The molecule has 0 radical (unpaired) electrons. The van der Waals surface area contributed by atoms with Crippen LogP contribution in [0.2, 0.25) is 10.0 Å². The quantitative estimate of drug-likeness (QED) is 0.739. The first-order valence-electron chi connectivity index (χ1n) is 5.50. The lowest BCUT2D eigenvalue weighted by molar-refractivity contribution is 0.283. The highest BCUT2D eigenvalue weighted by Crippen LogP contribution is 2.25. The first kappa shape index (κ1) is 13.8. The van der Waals surface area contributed by atoms with Gasteiger partial charge in [-0.1, -0.05) is 35.3 Å². The molecular weight excluding hydrogens is 245 g/mol. The number of unbranched alkanes of at least 4 members (excludes halogenated alkanes) is 2. The Morgan fingerprint density at radius 3 is 2.69 bits per heavy atom. The molecule has 0 aliphatic rings. The van der Waals surface area contributed by atoms with E-state index in [1.807, 2.05) is 12.1 Å². The molecule has 1 rings (SSSR count). The average molecular weight is 262 g/mol. The first-order valence-corrected chi connectivity index (χ1v) is 6.25. The summed E-state index contributed by atoms with van der Waals surface area (Å²) >= 11 is 12.0. The van der Waals surface area contributed by atoms with Gasteiger partial charge in [-0.15, -0.1) is 0 Å². The Morgan fingerprint density at radius 1 is 1.12 bits per heavy atom. The molecule has 0 aliphatic carbocycles. The molecule has 0 saturated carbocycles. The number of aliphatic hydroxyl groups is 1. The number of hydrogen-bond acceptors (Lipinski definition) is 2. The van der Waals surface area contributed by atoms with Gasteiger partial charge < -0.3 is 10.4 Å². The zero-order valence-electron chi connectivity index (χ0n) is 9.18. The minimum atomic E-state index is 0.278. The second-order valence-corrected chi connectivity index (χ2v) is 4.46. The summed E-state index contributed by atoms with van der Waals surface area (Å²) in [5.41, 5.74) is 1.02. The molecule has 2 N–H and O–H groups in total. The number of nitrogens with one attached hydrogen (secondary N) is 1. The van der Waals surface area contributed by atoms with Crippen molar-refractivity contribution in [1.82, 2.24) is 5.32 Å². The van der Waals surface area contributed by atoms with E-state index < -0.39 is 0 Å². The van der Waals surface area contributed by atoms with Crippen LogP contribution >= 0.6 is 23.2 Å². The van der Waals surface area contributed by atoms with Gasteiger partial charge in [-0.2, -0.15) is 0 Å². The normalized spacial score (nSPS) is 10.7. The molecule has 1 aromatic rings. The van der Waals surface area contributed by atoms with Crippen LogP contribution < -0.4 is 5.32 Å². The Balaban J connectivity index is 2.24. The SMILES string of the molecule is OCCCCCNCc1cccc(Cl)c1Cl. The van der Waals surface area contributed by atoms with Gasteiger partial charge in [-0.3, -0.25) is 0 Å². The second-order valence-electron chi connectivity index (χ2n) is 3.67. The lowest BCUT2D eigenvalue weighted by atomic mass is 10.2. The van der Waals surface area contributed by atoms with E-state index in [0.717, 1.165) is 37.9 Å². The molecule has 90 valence electrons. The number of hydrogen-bond donors (Lipinski definition) is 2. The molecule has 0 aromatic heterocycles. The topological polar surface area (TPSA) is 32.3 Å². The van der Waals surface area contributed by atoms with E-state index in [4.69, 9.17) is 28.3 Å². The van der Waals surface area contributed by atoms with Crippen molar-refractivity contribution in [1.29, 1.82) is 0 Å². The van der Waals surface area contributed by atoms with Crippen LogP contribution in [0.3, 0.4) is 0 Å². The summed E-state index contributed by atoms with van der Waals surface area (Å²) in [7, 11) is 0. The van der Waals surface area contributed by atoms with Gasteiger partial charge in [0.25, 0.3) is 0 Å². The van der Waals surface area contributed by atoms with E-state index in [1.165, 1.54) is 0 Å². The fraction of sp³-hybridized carbons (Fsp3) is 0.500. The lowest BCUT2D eigenvalue weighted by Crippen LogP contribution is -2.15. The van der Waals surface area contributed by atoms with Crippen LogP contribution in [0.25, 0.3) is 0 Å². The maximum Gasteiger partial charge on any atom is 0.0637 e. The maximum atomic E-state index is 8.62. The largest absolute Gasteiger partial charge is 0.396 e. The monoisotopic (exact) mass is 261 g/mol. The zero-order chi connectivity index (χ0) is 11.8. The number of benzene rings is 1. The molecule has 0 bridgehead atoms. The number of halogens is 2. The van der Waals surface area contributed by atoms with Crippen LogP contribution in [-0.4, -0.2) is 18.3 Å². The van der Waals surface area contributed by atoms with Crippen molar-refractivity contribution in [2.75, 3.05) is 13.2 Å². The molecule has 0 heterocycles. The fourth-order valence-corrected chi connectivity index (χ4v) is 1.83. The molecule has 2 nitrogen and oxygen atoms in total. The van der Waals surface area contributed by atoms with Gasteiger partial charge in [0, 0.05) is 13.2 Å². The minimum Gasteiger partial charge on any atom is -0.396 e. The van der Waals surface area contributed by atoms with Gasteiger partial charge in [0.1, 0.15) is 0 Å². The van der Waals surface area contributed by atoms with E-state index in [2.05, 4.69) is 5.32 Å². The number of aliphatic hydroxyl groups excluding tert-OH is 1. The Bertz CT molecular complexity index is 318. The van der Waals surface area contributed by atoms with E-state index in [0.29, 0.717) is 10.0 Å². The van der Waals surface area contributed by atoms with Crippen LogP contribution in [0.5, 0.6) is 0 Å². The molecule has 0 aliphatic heterocycles. The van der Waals surface area contributed by atoms with E-state index >= 15 is 0 Å². The van der Waals surface area contributed by atoms with E-state index in [1.54, 1.807) is 6.07 Å². The van der Waals surface area contributed by atoms with Crippen LogP contribution in [0.15, 0.2) is 18.2 Å². The maximum absolute atomic E-state index is 8.62. The lowest BCUT2D eigenvalue weighted by Gasteiger charge is -2.07. The highest BCUT2D eigenvalue weighted by molar-refractivity contribution is 6.42. The summed E-state index contributed by atoms with van der Waals surface area (Å²) in [6.45, 7) is 1.95. The predicted octanol–water partition coefficient (Wildman–Crippen LogP) is 3.25. The molecule has 0 fully saturated rings. The van der Waals surface area contributed by atoms with Gasteiger partial charge in [-0.25, -0.2) is 0 Å². The van der Waals surface area contributed by atoms with E-state index in [-0.39, 0.29) is 6.61 Å². The third kappa shape index (κ3) is 4.71. The van der Waals surface area contributed by atoms with Crippen LogP contribution in [0, 0.1) is 0 Å². The zero-order valence-corrected chi connectivity index (χ0v) is 10.7. The molecule has 1 aromatic carbocycles.